The maximum atomic E-state index is 13.5. The summed E-state index contributed by atoms with van der Waals surface area (Å²) in [5.74, 6) is -0.911. The smallest absolute Gasteiger partial charge is 0.382 e. The maximum Gasteiger partial charge on any atom is 0.416 e. The van der Waals surface area contributed by atoms with Crippen LogP contribution in [0, 0.1) is 5.82 Å². The molecule has 0 unspecified atom stereocenters. The van der Waals surface area contributed by atoms with Crippen molar-refractivity contribution in [2.45, 2.75) is 12.6 Å². The highest BCUT2D eigenvalue weighted by Gasteiger charge is 2.31. The maximum absolute atomic E-state index is 13.5. The Hall–Kier alpha value is -2.05. The van der Waals surface area contributed by atoms with Crippen LogP contribution in [0.2, 0.25) is 0 Å². The summed E-state index contributed by atoms with van der Waals surface area (Å²) in [7, 11) is 1.78. The minimum atomic E-state index is -4.53. The van der Waals surface area contributed by atoms with Gasteiger partial charge >= 0.3 is 6.18 Å². The first-order chi connectivity index (χ1) is 9.36. The summed E-state index contributed by atoms with van der Waals surface area (Å²) in [6.07, 6.45) is -0.418. The highest BCUT2D eigenvalue weighted by molar-refractivity contribution is 5.46. The molecule has 108 valence electrons. The predicted octanol–water partition coefficient (Wildman–Crippen LogP) is 3.23. The molecular formula is C13H13F4N3. The third-order valence-electron chi connectivity index (χ3n) is 2.78. The number of aryl methyl sites for hydroxylation is 1. The standard InChI is InChI=1S/C13H13F4N3/c1-20-8-9(7-19-20)4-5-18-12-3-2-10(6-11(12)14)13(15,16)17/h2-3,6-8,18H,4-5H2,1H3. The average Bonchev–Trinajstić information content (AvgIpc) is 2.76. The van der Waals surface area contributed by atoms with Crippen molar-refractivity contribution in [2.24, 2.45) is 7.05 Å². The largest absolute Gasteiger partial charge is 0.416 e. The zero-order valence-electron chi connectivity index (χ0n) is 10.7. The molecule has 0 aliphatic carbocycles. The van der Waals surface area contributed by atoms with Gasteiger partial charge in [0.05, 0.1) is 17.4 Å². The molecule has 20 heavy (non-hydrogen) atoms. The van der Waals surface area contributed by atoms with E-state index >= 15 is 0 Å². The third kappa shape index (κ3) is 3.49. The average molecular weight is 287 g/mol. The van der Waals surface area contributed by atoms with Crippen molar-refractivity contribution in [3.63, 3.8) is 0 Å². The van der Waals surface area contributed by atoms with Gasteiger partial charge in [0.15, 0.2) is 0 Å². The second-order valence-corrected chi connectivity index (χ2v) is 4.39. The van der Waals surface area contributed by atoms with Crippen LogP contribution in [-0.2, 0) is 19.6 Å². The first-order valence-corrected chi connectivity index (χ1v) is 5.94. The number of nitrogens with one attached hydrogen (secondary N) is 1. The van der Waals surface area contributed by atoms with E-state index in [1.165, 1.54) is 0 Å². The summed E-state index contributed by atoms with van der Waals surface area (Å²) in [4.78, 5) is 0. The number of hydrogen-bond donors (Lipinski definition) is 1. The van der Waals surface area contributed by atoms with Crippen molar-refractivity contribution in [1.82, 2.24) is 9.78 Å². The van der Waals surface area contributed by atoms with Crippen molar-refractivity contribution >= 4 is 5.69 Å². The molecule has 1 aromatic carbocycles. The molecule has 0 bridgehead atoms. The molecule has 0 saturated carbocycles. The van der Waals surface area contributed by atoms with Gasteiger partial charge in [0, 0.05) is 19.8 Å². The Kier molecular flexibility index (Phi) is 3.96. The summed E-state index contributed by atoms with van der Waals surface area (Å²) in [5, 5.41) is 6.76. The zero-order valence-corrected chi connectivity index (χ0v) is 10.7. The van der Waals surface area contributed by atoms with E-state index in [0.717, 1.165) is 17.7 Å². The van der Waals surface area contributed by atoms with Gasteiger partial charge in [-0.3, -0.25) is 4.68 Å². The van der Waals surface area contributed by atoms with Gasteiger partial charge in [-0.1, -0.05) is 0 Å². The summed E-state index contributed by atoms with van der Waals surface area (Å²) in [6, 6.07) is 2.45. The number of alkyl halides is 3. The first kappa shape index (κ1) is 14.4. The van der Waals surface area contributed by atoms with Crippen LogP contribution in [0.1, 0.15) is 11.1 Å². The van der Waals surface area contributed by atoms with Crippen molar-refractivity contribution in [3.05, 3.63) is 47.5 Å². The van der Waals surface area contributed by atoms with Gasteiger partial charge in [0.1, 0.15) is 5.82 Å². The third-order valence-corrected chi connectivity index (χ3v) is 2.78. The van der Waals surface area contributed by atoms with Gasteiger partial charge in [0.25, 0.3) is 0 Å². The highest BCUT2D eigenvalue weighted by atomic mass is 19.4. The summed E-state index contributed by atoms with van der Waals surface area (Å²) >= 11 is 0. The highest BCUT2D eigenvalue weighted by Crippen LogP contribution is 2.31. The number of anilines is 1. The van der Waals surface area contributed by atoms with Gasteiger partial charge < -0.3 is 5.32 Å². The van der Waals surface area contributed by atoms with Crippen molar-refractivity contribution in [3.8, 4) is 0 Å². The van der Waals surface area contributed by atoms with E-state index in [0.29, 0.717) is 19.0 Å². The molecule has 2 rings (SSSR count). The second kappa shape index (κ2) is 5.52. The monoisotopic (exact) mass is 287 g/mol. The van der Waals surface area contributed by atoms with E-state index in [2.05, 4.69) is 10.4 Å². The molecule has 0 aliphatic rings. The van der Waals surface area contributed by atoms with Gasteiger partial charge in [-0.25, -0.2) is 4.39 Å². The molecule has 0 spiro atoms. The number of aromatic nitrogens is 2. The van der Waals surface area contributed by atoms with E-state index in [9.17, 15) is 17.6 Å². The first-order valence-electron chi connectivity index (χ1n) is 5.94. The number of benzene rings is 1. The number of rotatable bonds is 4. The van der Waals surface area contributed by atoms with Gasteiger partial charge in [-0.05, 0) is 30.2 Å². The van der Waals surface area contributed by atoms with Crippen LogP contribution in [0.3, 0.4) is 0 Å². The fourth-order valence-electron chi connectivity index (χ4n) is 1.78. The Labute approximate surface area is 113 Å². The summed E-state index contributed by atoms with van der Waals surface area (Å²) in [5.41, 5.74) is 0.0296. The number of nitrogens with zero attached hydrogens (tertiary/aromatic N) is 2. The Morgan fingerprint density at radius 1 is 1.30 bits per heavy atom. The van der Waals surface area contributed by atoms with Gasteiger partial charge in [0.2, 0.25) is 0 Å². The Morgan fingerprint density at radius 3 is 2.60 bits per heavy atom. The van der Waals surface area contributed by atoms with E-state index in [1.54, 1.807) is 17.9 Å². The zero-order chi connectivity index (χ0) is 14.8. The summed E-state index contributed by atoms with van der Waals surface area (Å²) in [6.45, 7) is 0.411. The van der Waals surface area contributed by atoms with E-state index < -0.39 is 17.6 Å². The Bertz CT molecular complexity index is 590. The van der Waals surface area contributed by atoms with E-state index in [4.69, 9.17) is 0 Å². The quantitative estimate of drug-likeness (QED) is 0.875. The molecule has 0 fully saturated rings. The normalized spacial score (nSPS) is 11.7. The van der Waals surface area contributed by atoms with Crippen LogP contribution in [0.5, 0.6) is 0 Å². The van der Waals surface area contributed by atoms with Crippen LogP contribution in [0.15, 0.2) is 30.6 Å². The molecule has 0 saturated heterocycles. The Balaban J connectivity index is 1.96. The molecule has 1 heterocycles. The SMILES string of the molecule is Cn1cc(CCNc2ccc(C(F)(F)F)cc2F)cn1. The van der Waals surface area contributed by atoms with Gasteiger partial charge in [-0.2, -0.15) is 18.3 Å². The lowest BCUT2D eigenvalue weighted by atomic mass is 10.2. The molecule has 0 atom stereocenters. The Morgan fingerprint density at radius 2 is 2.05 bits per heavy atom. The molecule has 0 radical (unpaired) electrons. The molecule has 7 heteroatoms. The van der Waals surface area contributed by atoms with Crippen molar-refractivity contribution in [1.29, 1.82) is 0 Å². The molecular weight excluding hydrogens is 274 g/mol. The van der Waals surface area contributed by atoms with Crippen molar-refractivity contribution in [2.75, 3.05) is 11.9 Å². The molecule has 0 amide bonds. The van der Waals surface area contributed by atoms with Crippen LogP contribution in [0.25, 0.3) is 0 Å². The number of halogens is 4. The van der Waals surface area contributed by atoms with Crippen molar-refractivity contribution < 1.29 is 17.6 Å². The lowest BCUT2D eigenvalue weighted by Gasteiger charge is -2.10. The molecule has 3 nitrogen and oxygen atoms in total. The molecule has 1 aromatic heterocycles. The summed E-state index contributed by atoms with van der Waals surface area (Å²) < 4.78 is 52.3. The fourth-order valence-corrected chi connectivity index (χ4v) is 1.78. The second-order valence-electron chi connectivity index (χ2n) is 4.39. The van der Waals surface area contributed by atoms with Gasteiger partial charge in [-0.15, -0.1) is 0 Å². The lowest BCUT2D eigenvalue weighted by molar-refractivity contribution is -0.137. The topological polar surface area (TPSA) is 29.9 Å². The molecule has 1 N–H and O–H groups in total. The fraction of sp³-hybridized carbons (Fsp3) is 0.308. The molecule has 0 aliphatic heterocycles. The minimum absolute atomic E-state index is 0.0573. The van der Waals surface area contributed by atoms with Crippen LogP contribution >= 0.6 is 0 Å². The van der Waals surface area contributed by atoms with E-state index in [-0.39, 0.29) is 5.69 Å². The van der Waals surface area contributed by atoms with Crippen LogP contribution < -0.4 is 5.32 Å². The van der Waals surface area contributed by atoms with Crippen LogP contribution in [0.4, 0.5) is 23.2 Å². The number of hydrogen-bond acceptors (Lipinski definition) is 2. The predicted molar refractivity (Wildman–Crippen MR) is 66.8 cm³/mol. The molecule has 2 aromatic rings. The van der Waals surface area contributed by atoms with E-state index in [1.807, 2.05) is 6.20 Å². The van der Waals surface area contributed by atoms with Crippen LogP contribution in [-0.4, -0.2) is 16.3 Å². The lowest BCUT2D eigenvalue weighted by Crippen LogP contribution is -2.09. The minimum Gasteiger partial charge on any atom is -0.382 e.